The van der Waals surface area contributed by atoms with Crippen molar-refractivity contribution in [1.29, 1.82) is 0 Å². The quantitative estimate of drug-likeness (QED) is 0.799. The molecule has 1 aliphatic heterocycles. The first-order valence-electron chi connectivity index (χ1n) is 8.08. The molecule has 1 aliphatic carbocycles. The van der Waals surface area contributed by atoms with Crippen LogP contribution in [0.4, 0.5) is 0 Å². The fraction of sp³-hybridized carbons (Fsp3) is 0.647. The highest BCUT2D eigenvalue weighted by Gasteiger charge is 2.22. The summed E-state index contributed by atoms with van der Waals surface area (Å²) in [7, 11) is 0. The third kappa shape index (κ3) is 4.35. The molecule has 0 bridgehead atoms. The van der Waals surface area contributed by atoms with E-state index in [0.29, 0.717) is 12.6 Å². The standard InChI is InChI=1S/C17H25NO3/c1-2-8-20-15-6-3-13(11-18-14-4-5-14)17(10-15)21-16-7-9-19-12-16/h3,6,10,14,16,18H,2,4-5,7-9,11-12H2,1H3. The fourth-order valence-corrected chi connectivity index (χ4v) is 2.43. The molecule has 1 aromatic rings. The van der Waals surface area contributed by atoms with Crippen LogP contribution in [0.2, 0.25) is 0 Å². The van der Waals surface area contributed by atoms with Crippen molar-refractivity contribution in [3.63, 3.8) is 0 Å². The smallest absolute Gasteiger partial charge is 0.128 e. The first-order chi connectivity index (χ1) is 10.3. The Kier molecular flexibility index (Phi) is 4.99. The number of nitrogens with one attached hydrogen (secondary N) is 1. The summed E-state index contributed by atoms with van der Waals surface area (Å²) >= 11 is 0. The Morgan fingerprint density at radius 3 is 2.90 bits per heavy atom. The van der Waals surface area contributed by atoms with Gasteiger partial charge in [0.2, 0.25) is 0 Å². The monoisotopic (exact) mass is 291 g/mol. The van der Waals surface area contributed by atoms with Crippen molar-refractivity contribution in [3.05, 3.63) is 23.8 Å². The molecule has 21 heavy (non-hydrogen) atoms. The van der Waals surface area contributed by atoms with Crippen molar-refractivity contribution in [2.24, 2.45) is 0 Å². The molecule has 116 valence electrons. The van der Waals surface area contributed by atoms with E-state index in [1.54, 1.807) is 0 Å². The molecule has 1 saturated heterocycles. The molecule has 1 aromatic carbocycles. The Balaban J connectivity index is 1.68. The minimum atomic E-state index is 0.172. The molecule has 2 fully saturated rings. The zero-order valence-corrected chi connectivity index (χ0v) is 12.8. The van der Waals surface area contributed by atoms with Gasteiger partial charge in [0.1, 0.15) is 17.6 Å². The second-order valence-electron chi connectivity index (χ2n) is 5.88. The number of hydrogen-bond donors (Lipinski definition) is 1. The Morgan fingerprint density at radius 1 is 1.29 bits per heavy atom. The summed E-state index contributed by atoms with van der Waals surface area (Å²) in [6, 6.07) is 6.88. The first kappa shape index (κ1) is 14.7. The highest BCUT2D eigenvalue weighted by Crippen LogP contribution is 2.28. The van der Waals surface area contributed by atoms with Crippen LogP contribution in [-0.4, -0.2) is 32.0 Å². The molecule has 1 heterocycles. The van der Waals surface area contributed by atoms with E-state index >= 15 is 0 Å². The molecular weight excluding hydrogens is 266 g/mol. The van der Waals surface area contributed by atoms with Gasteiger partial charge in [0.25, 0.3) is 0 Å². The van der Waals surface area contributed by atoms with Gasteiger partial charge in [-0.25, -0.2) is 0 Å². The summed E-state index contributed by atoms with van der Waals surface area (Å²) in [5.74, 6) is 1.83. The van der Waals surface area contributed by atoms with Crippen LogP contribution in [0, 0.1) is 0 Å². The third-order valence-electron chi connectivity index (χ3n) is 3.85. The summed E-state index contributed by atoms with van der Waals surface area (Å²) in [6.07, 6.45) is 4.74. The van der Waals surface area contributed by atoms with Crippen LogP contribution in [0.1, 0.15) is 38.2 Å². The fourth-order valence-electron chi connectivity index (χ4n) is 2.43. The Bertz CT molecular complexity index is 453. The maximum Gasteiger partial charge on any atom is 0.128 e. The molecule has 0 aromatic heterocycles. The topological polar surface area (TPSA) is 39.7 Å². The lowest BCUT2D eigenvalue weighted by Gasteiger charge is -2.17. The van der Waals surface area contributed by atoms with E-state index < -0.39 is 0 Å². The lowest BCUT2D eigenvalue weighted by Crippen LogP contribution is -2.20. The highest BCUT2D eigenvalue weighted by molar-refractivity contribution is 5.41. The summed E-state index contributed by atoms with van der Waals surface area (Å²) in [5, 5.41) is 3.55. The van der Waals surface area contributed by atoms with E-state index in [4.69, 9.17) is 14.2 Å². The van der Waals surface area contributed by atoms with Gasteiger partial charge in [0.05, 0.1) is 19.8 Å². The normalized spacial score (nSPS) is 21.5. The highest BCUT2D eigenvalue weighted by atomic mass is 16.5. The molecule has 4 nitrogen and oxygen atoms in total. The van der Waals surface area contributed by atoms with Crippen LogP contribution >= 0.6 is 0 Å². The minimum Gasteiger partial charge on any atom is -0.493 e. The average molecular weight is 291 g/mol. The summed E-state index contributed by atoms with van der Waals surface area (Å²) in [5.41, 5.74) is 1.21. The maximum absolute atomic E-state index is 6.13. The van der Waals surface area contributed by atoms with Crippen LogP contribution in [0.3, 0.4) is 0 Å². The van der Waals surface area contributed by atoms with E-state index in [1.165, 1.54) is 18.4 Å². The lowest BCUT2D eigenvalue weighted by molar-refractivity contribution is 0.140. The van der Waals surface area contributed by atoms with E-state index in [0.717, 1.165) is 44.1 Å². The van der Waals surface area contributed by atoms with Crippen molar-refractivity contribution >= 4 is 0 Å². The molecule has 4 heteroatoms. The number of hydrogen-bond acceptors (Lipinski definition) is 4. The SMILES string of the molecule is CCCOc1ccc(CNC2CC2)c(OC2CCOC2)c1. The van der Waals surface area contributed by atoms with Gasteiger partial charge in [-0.15, -0.1) is 0 Å². The van der Waals surface area contributed by atoms with Crippen LogP contribution in [0.5, 0.6) is 11.5 Å². The van der Waals surface area contributed by atoms with Crippen molar-refractivity contribution in [2.75, 3.05) is 19.8 Å². The van der Waals surface area contributed by atoms with Crippen LogP contribution in [-0.2, 0) is 11.3 Å². The van der Waals surface area contributed by atoms with Gasteiger partial charge in [0.15, 0.2) is 0 Å². The second kappa shape index (κ2) is 7.14. The van der Waals surface area contributed by atoms with E-state index in [9.17, 15) is 0 Å². The van der Waals surface area contributed by atoms with Gasteiger partial charge >= 0.3 is 0 Å². The average Bonchev–Trinajstić information content (AvgIpc) is 3.19. The summed E-state index contributed by atoms with van der Waals surface area (Å²) in [4.78, 5) is 0. The predicted octanol–water partition coefficient (Wildman–Crippen LogP) is 2.90. The molecule has 1 saturated carbocycles. The molecule has 0 amide bonds. The summed E-state index contributed by atoms with van der Waals surface area (Å²) < 4.78 is 17.3. The van der Waals surface area contributed by atoms with Gasteiger partial charge in [-0.1, -0.05) is 13.0 Å². The van der Waals surface area contributed by atoms with Crippen LogP contribution < -0.4 is 14.8 Å². The molecule has 1 N–H and O–H groups in total. The molecule has 2 aliphatic rings. The van der Waals surface area contributed by atoms with Gasteiger partial charge in [-0.2, -0.15) is 0 Å². The Hall–Kier alpha value is -1.26. The van der Waals surface area contributed by atoms with E-state index in [-0.39, 0.29) is 6.10 Å². The minimum absolute atomic E-state index is 0.172. The molecule has 0 spiro atoms. The van der Waals surface area contributed by atoms with Crippen LogP contribution in [0.25, 0.3) is 0 Å². The lowest BCUT2D eigenvalue weighted by atomic mass is 10.1. The molecular formula is C17H25NO3. The third-order valence-corrected chi connectivity index (χ3v) is 3.85. The van der Waals surface area contributed by atoms with E-state index in [1.807, 2.05) is 12.1 Å². The van der Waals surface area contributed by atoms with Gasteiger partial charge < -0.3 is 19.5 Å². The Morgan fingerprint density at radius 2 is 2.19 bits per heavy atom. The second-order valence-corrected chi connectivity index (χ2v) is 5.88. The zero-order valence-electron chi connectivity index (χ0n) is 12.8. The van der Waals surface area contributed by atoms with Gasteiger partial charge in [0, 0.05) is 30.6 Å². The predicted molar refractivity (Wildman–Crippen MR) is 81.9 cm³/mol. The van der Waals surface area contributed by atoms with Gasteiger partial charge in [-0.05, 0) is 25.3 Å². The molecule has 1 unspecified atom stereocenters. The summed E-state index contributed by atoms with van der Waals surface area (Å²) in [6.45, 7) is 5.20. The Labute approximate surface area is 126 Å². The van der Waals surface area contributed by atoms with Crippen molar-refractivity contribution < 1.29 is 14.2 Å². The molecule has 1 atom stereocenters. The van der Waals surface area contributed by atoms with Crippen molar-refractivity contribution in [1.82, 2.24) is 5.32 Å². The number of benzene rings is 1. The van der Waals surface area contributed by atoms with Crippen LogP contribution in [0.15, 0.2) is 18.2 Å². The van der Waals surface area contributed by atoms with Gasteiger partial charge in [-0.3, -0.25) is 0 Å². The first-order valence-corrected chi connectivity index (χ1v) is 8.08. The number of rotatable bonds is 8. The van der Waals surface area contributed by atoms with Crippen molar-refractivity contribution in [2.45, 2.75) is 51.3 Å². The number of ether oxygens (including phenoxy) is 3. The van der Waals surface area contributed by atoms with Crippen molar-refractivity contribution in [3.8, 4) is 11.5 Å². The zero-order chi connectivity index (χ0) is 14.5. The van der Waals surface area contributed by atoms with E-state index in [2.05, 4.69) is 18.3 Å². The molecule has 3 rings (SSSR count). The molecule has 0 radical (unpaired) electrons. The largest absolute Gasteiger partial charge is 0.493 e. The maximum atomic E-state index is 6.13.